The minimum Gasteiger partial charge on any atom is -0.481 e. The van der Waals surface area contributed by atoms with Crippen molar-refractivity contribution in [3.05, 3.63) is 35.4 Å². The van der Waals surface area contributed by atoms with Crippen molar-refractivity contribution in [2.24, 2.45) is 0 Å². The second kappa shape index (κ2) is 7.95. The maximum atomic E-state index is 12.2. The van der Waals surface area contributed by atoms with Gasteiger partial charge < -0.3 is 15.7 Å². The third-order valence-corrected chi connectivity index (χ3v) is 3.69. The molecule has 0 heterocycles. The molecular weight excluding hydrogens is 308 g/mol. The molecule has 0 aliphatic heterocycles. The number of carboxylic acids is 1. The normalized spacial score (nSPS) is 13.7. The highest BCUT2D eigenvalue weighted by Gasteiger charge is 2.22. The lowest BCUT2D eigenvalue weighted by atomic mass is 9.86. The summed E-state index contributed by atoms with van der Waals surface area (Å²) < 4.78 is 0. The lowest BCUT2D eigenvalue weighted by molar-refractivity contribution is -0.138. The van der Waals surface area contributed by atoms with Crippen LogP contribution in [-0.4, -0.2) is 28.9 Å². The topological polar surface area (TPSA) is 95.5 Å². The number of rotatable bonds is 6. The summed E-state index contributed by atoms with van der Waals surface area (Å²) in [4.78, 5) is 34.3. The predicted octanol–water partition coefficient (Wildman–Crippen LogP) is 2.14. The number of hydrogen-bond acceptors (Lipinski definition) is 3. The van der Waals surface area contributed by atoms with Crippen molar-refractivity contribution in [3.63, 3.8) is 0 Å². The third kappa shape index (κ3) is 6.02. The van der Waals surface area contributed by atoms with Crippen LogP contribution >= 0.6 is 0 Å². The highest BCUT2D eigenvalue weighted by Crippen LogP contribution is 2.25. The van der Waals surface area contributed by atoms with Gasteiger partial charge in [0.05, 0.1) is 12.5 Å². The van der Waals surface area contributed by atoms with Gasteiger partial charge in [0.2, 0.25) is 11.8 Å². The first-order chi connectivity index (χ1) is 11.0. The zero-order valence-corrected chi connectivity index (χ0v) is 14.8. The molecule has 24 heavy (non-hydrogen) atoms. The Hall–Kier alpha value is -2.37. The standard InChI is InChI=1S/C18H26N2O4/c1-11(19-12(2)21)17(24)20-15(10-16(22)23)13-6-8-14(9-7-13)18(3,4)5/h6-9,11,15H,10H2,1-5H3,(H,19,21)(H,20,24)(H,22,23). The second-order valence-electron chi connectivity index (χ2n) is 6.95. The van der Waals surface area contributed by atoms with E-state index in [-0.39, 0.29) is 17.7 Å². The van der Waals surface area contributed by atoms with Gasteiger partial charge in [-0.25, -0.2) is 0 Å². The van der Waals surface area contributed by atoms with Crippen LogP contribution in [0.5, 0.6) is 0 Å². The van der Waals surface area contributed by atoms with Crippen molar-refractivity contribution < 1.29 is 19.5 Å². The SMILES string of the molecule is CC(=O)NC(C)C(=O)NC(CC(=O)O)c1ccc(C(C)(C)C)cc1. The fourth-order valence-corrected chi connectivity index (χ4v) is 2.31. The molecule has 1 aromatic carbocycles. The van der Waals surface area contributed by atoms with Gasteiger partial charge in [0, 0.05) is 6.92 Å². The maximum Gasteiger partial charge on any atom is 0.305 e. The van der Waals surface area contributed by atoms with Crippen molar-refractivity contribution in [2.75, 3.05) is 0 Å². The number of nitrogens with one attached hydrogen (secondary N) is 2. The molecule has 0 saturated heterocycles. The zero-order valence-electron chi connectivity index (χ0n) is 14.8. The molecule has 6 nitrogen and oxygen atoms in total. The summed E-state index contributed by atoms with van der Waals surface area (Å²) in [5.74, 6) is -1.74. The molecule has 1 rings (SSSR count). The molecule has 6 heteroatoms. The first-order valence-electron chi connectivity index (χ1n) is 7.90. The fourth-order valence-electron chi connectivity index (χ4n) is 2.31. The van der Waals surface area contributed by atoms with E-state index in [4.69, 9.17) is 5.11 Å². The summed E-state index contributed by atoms with van der Waals surface area (Å²) in [6.07, 6.45) is -0.229. The monoisotopic (exact) mass is 334 g/mol. The van der Waals surface area contributed by atoms with Crippen LogP contribution in [0.25, 0.3) is 0 Å². The highest BCUT2D eigenvalue weighted by atomic mass is 16.4. The summed E-state index contributed by atoms with van der Waals surface area (Å²) in [5.41, 5.74) is 1.83. The molecule has 0 saturated carbocycles. The molecule has 132 valence electrons. The number of hydrogen-bond donors (Lipinski definition) is 3. The maximum absolute atomic E-state index is 12.2. The molecule has 1 aromatic rings. The molecular formula is C18H26N2O4. The van der Waals surface area contributed by atoms with Crippen LogP contribution < -0.4 is 10.6 Å². The van der Waals surface area contributed by atoms with Crippen LogP contribution in [0.15, 0.2) is 24.3 Å². The lowest BCUT2D eigenvalue weighted by Gasteiger charge is -2.23. The molecule has 0 aliphatic rings. The van der Waals surface area contributed by atoms with Gasteiger partial charge in [-0.2, -0.15) is 0 Å². The van der Waals surface area contributed by atoms with E-state index < -0.39 is 24.0 Å². The van der Waals surface area contributed by atoms with Crippen LogP contribution in [-0.2, 0) is 19.8 Å². The first-order valence-corrected chi connectivity index (χ1v) is 7.90. The highest BCUT2D eigenvalue weighted by molar-refractivity contribution is 5.87. The average Bonchev–Trinajstić information content (AvgIpc) is 2.44. The van der Waals surface area contributed by atoms with Crippen molar-refractivity contribution in [2.45, 2.75) is 58.5 Å². The van der Waals surface area contributed by atoms with Gasteiger partial charge in [-0.3, -0.25) is 14.4 Å². The molecule has 0 spiro atoms. The largest absolute Gasteiger partial charge is 0.481 e. The molecule has 2 amide bonds. The summed E-state index contributed by atoms with van der Waals surface area (Å²) in [7, 11) is 0. The molecule has 0 aliphatic carbocycles. The van der Waals surface area contributed by atoms with Crippen LogP contribution in [0.2, 0.25) is 0 Å². The van der Waals surface area contributed by atoms with Gasteiger partial charge in [0.15, 0.2) is 0 Å². The Kier molecular flexibility index (Phi) is 6.51. The Bertz CT molecular complexity index is 602. The number of carbonyl (C=O) groups excluding carboxylic acids is 2. The van der Waals surface area contributed by atoms with E-state index in [9.17, 15) is 14.4 Å². The quantitative estimate of drug-likeness (QED) is 0.743. The van der Waals surface area contributed by atoms with E-state index in [0.717, 1.165) is 5.56 Å². The van der Waals surface area contributed by atoms with Crippen LogP contribution in [0.1, 0.15) is 58.2 Å². The summed E-state index contributed by atoms with van der Waals surface area (Å²) in [6, 6.07) is 6.16. The average molecular weight is 334 g/mol. The Labute approximate surface area is 142 Å². The molecule has 3 N–H and O–H groups in total. The molecule has 0 radical (unpaired) electrons. The minimum atomic E-state index is -1.01. The third-order valence-electron chi connectivity index (χ3n) is 3.69. The Balaban J connectivity index is 2.95. The molecule has 0 fully saturated rings. The van der Waals surface area contributed by atoms with Crippen LogP contribution in [0.3, 0.4) is 0 Å². The van der Waals surface area contributed by atoms with Gasteiger partial charge in [-0.05, 0) is 23.5 Å². The van der Waals surface area contributed by atoms with E-state index in [1.807, 2.05) is 24.3 Å². The van der Waals surface area contributed by atoms with Gasteiger partial charge >= 0.3 is 5.97 Å². The smallest absolute Gasteiger partial charge is 0.305 e. The van der Waals surface area contributed by atoms with E-state index >= 15 is 0 Å². The molecule has 0 aromatic heterocycles. The van der Waals surface area contributed by atoms with Crippen molar-refractivity contribution in [1.29, 1.82) is 0 Å². The van der Waals surface area contributed by atoms with E-state index in [1.54, 1.807) is 6.92 Å². The number of benzene rings is 1. The Morgan fingerprint density at radius 1 is 1.08 bits per heavy atom. The number of amides is 2. The summed E-state index contributed by atoms with van der Waals surface area (Å²) in [6.45, 7) is 9.15. The van der Waals surface area contributed by atoms with Crippen LogP contribution in [0.4, 0.5) is 0 Å². The number of aliphatic carboxylic acids is 1. The van der Waals surface area contributed by atoms with Crippen molar-refractivity contribution in [1.82, 2.24) is 10.6 Å². The van der Waals surface area contributed by atoms with E-state index in [2.05, 4.69) is 31.4 Å². The summed E-state index contributed by atoms with van der Waals surface area (Å²) >= 11 is 0. The van der Waals surface area contributed by atoms with Crippen LogP contribution in [0, 0.1) is 0 Å². The summed E-state index contributed by atoms with van der Waals surface area (Å²) in [5, 5.41) is 14.3. The molecule has 2 unspecified atom stereocenters. The van der Waals surface area contributed by atoms with Gasteiger partial charge in [0.1, 0.15) is 6.04 Å². The number of carbonyl (C=O) groups is 3. The van der Waals surface area contributed by atoms with E-state index in [1.165, 1.54) is 6.92 Å². The zero-order chi connectivity index (χ0) is 18.5. The molecule has 2 atom stereocenters. The Morgan fingerprint density at radius 3 is 2.04 bits per heavy atom. The van der Waals surface area contributed by atoms with E-state index in [0.29, 0.717) is 5.56 Å². The Morgan fingerprint density at radius 2 is 1.62 bits per heavy atom. The molecule has 0 bridgehead atoms. The second-order valence-corrected chi connectivity index (χ2v) is 6.95. The first kappa shape index (κ1) is 19.7. The predicted molar refractivity (Wildman–Crippen MR) is 91.6 cm³/mol. The number of carboxylic acid groups (broad SMARTS) is 1. The minimum absolute atomic E-state index is 0.00993. The van der Waals surface area contributed by atoms with Crippen molar-refractivity contribution in [3.8, 4) is 0 Å². The van der Waals surface area contributed by atoms with Gasteiger partial charge in [0.25, 0.3) is 0 Å². The van der Waals surface area contributed by atoms with Gasteiger partial charge in [-0.1, -0.05) is 45.0 Å². The van der Waals surface area contributed by atoms with Crippen molar-refractivity contribution >= 4 is 17.8 Å². The van der Waals surface area contributed by atoms with Gasteiger partial charge in [-0.15, -0.1) is 0 Å². The lowest BCUT2D eigenvalue weighted by Crippen LogP contribution is -2.45. The fraction of sp³-hybridized carbons (Fsp3) is 0.500.